The molecule has 0 unspecified atom stereocenters. The summed E-state index contributed by atoms with van der Waals surface area (Å²) < 4.78 is 1.18. The summed E-state index contributed by atoms with van der Waals surface area (Å²) in [5, 5.41) is 9.85. The van der Waals surface area contributed by atoms with E-state index in [-0.39, 0.29) is 5.60 Å². The Kier molecular flexibility index (Phi) is 2.44. The molecule has 1 aromatic rings. The lowest BCUT2D eigenvalue weighted by atomic mass is 9.99. The zero-order valence-electron chi connectivity index (χ0n) is 8.60. The lowest BCUT2D eigenvalue weighted by Crippen LogP contribution is -2.11. The first-order valence-electron chi connectivity index (χ1n) is 4.99. The molecule has 0 aromatic heterocycles. The van der Waals surface area contributed by atoms with E-state index >= 15 is 0 Å². The molecule has 0 bridgehead atoms. The summed E-state index contributed by atoms with van der Waals surface area (Å²) in [5.41, 5.74) is 3.40. The third-order valence-corrected chi connectivity index (χ3v) is 4.26. The summed E-state index contributed by atoms with van der Waals surface area (Å²) in [5.74, 6) is 0. The monoisotopic (exact) mass is 254 g/mol. The van der Waals surface area contributed by atoms with Crippen molar-refractivity contribution in [2.75, 3.05) is 0 Å². The molecule has 1 aromatic carbocycles. The van der Waals surface area contributed by atoms with E-state index in [2.05, 4.69) is 41.9 Å². The Morgan fingerprint density at radius 3 is 2.57 bits per heavy atom. The van der Waals surface area contributed by atoms with Crippen LogP contribution in [-0.2, 0) is 6.42 Å². The number of hydrogen-bond donors (Lipinski definition) is 1. The molecule has 2 rings (SSSR count). The predicted molar refractivity (Wildman–Crippen MR) is 61.5 cm³/mol. The Morgan fingerprint density at radius 2 is 2.00 bits per heavy atom. The molecule has 1 N–H and O–H groups in total. The summed E-state index contributed by atoms with van der Waals surface area (Å²) in [4.78, 5) is 0. The van der Waals surface area contributed by atoms with Gasteiger partial charge in [-0.15, -0.1) is 0 Å². The fourth-order valence-electron chi connectivity index (χ4n) is 1.73. The molecule has 0 heterocycles. The molecular weight excluding hydrogens is 240 g/mol. The van der Waals surface area contributed by atoms with E-state index in [1.54, 1.807) is 0 Å². The molecule has 0 atom stereocenters. The largest absolute Gasteiger partial charge is 0.390 e. The van der Waals surface area contributed by atoms with Crippen LogP contribution in [0.25, 0.3) is 0 Å². The van der Waals surface area contributed by atoms with Crippen molar-refractivity contribution in [3.63, 3.8) is 0 Å². The Hall–Kier alpha value is -0.340. The van der Waals surface area contributed by atoms with Crippen LogP contribution >= 0.6 is 15.9 Å². The minimum Gasteiger partial charge on any atom is -0.390 e. The maximum absolute atomic E-state index is 9.85. The van der Waals surface area contributed by atoms with Crippen molar-refractivity contribution in [1.82, 2.24) is 0 Å². The standard InChI is InChI=1S/C12H15BrO/c1-8-3-4-10(9(2)11(8)13)7-12(14)5-6-12/h3-4,14H,5-7H2,1-2H3. The smallest absolute Gasteiger partial charge is 0.0690 e. The number of benzene rings is 1. The Bertz CT molecular complexity index is 367. The van der Waals surface area contributed by atoms with Crippen LogP contribution in [0.3, 0.4) is 0 Å². The van der Waals surface area contributed by atoms with Gasteiger partial charge in [0.25, 0.3) is 0 Å². The minimum atomic E-state index is -0.389. The van der Waals surface area contributed by atoms with E-state index in [1.165, 1.54) is 21.2 Å². The van der Waals surface area contributed by atoms with Gasteiger partial charge in [0, 0.05) is 10.9 Å². The van der Waals surface area contributed by atoms with Crippen LogP contribution in [0.5, 0.6) is 0 Å². The van der Waals surface area contributed by atoms with E-state index in [0.717, 1.165) is 19.3 Å². The molecule has 76 valence electrons. The van der Waals surface area contributed by atoms with E-state index in [0.29, 0.717) is 0 Å². The highest BCUT2D eigenvalue weighted by molar-refractivity contribution is 9.10. The molecule has 1 aliphatic rings. The van der Waals surface area contributed by atoms with Crippen molar-refractivity contribution in [3.8, 4) is 0 Å². The van der Waals surface area contributed by atoms with E-state index in [9.17, 15) is 5.11 Å². The summed E-state index contributed by atoms with van der Waals surface area (Å²) in [6.07, 6.45) is 2.72. The SMILES string of the molecule is Cc1ccc(CC2(O)CC2)c(C)c1Br. The van der Waals surface area contributed by atoms with E-state index in [1.807, 2.05) is 0 Å². The first-order valence-corrected chi connectivity index (χ1v) is 5.78. The fourth-order valence-corrected chi connectivity index (χ4v) is 2.11. The molecule has 0 aliphatic heterocycles. The molecule has 0 radical (unpaired) electrons. The van der Waals surface area contributed by atoms with Gasteiger partial charge in [-0.1, -0.05) is 28.1 Å². The molecule has 2 heteroatoms. The van der Waals surface area contributed by atoms with Gasteiger partial charge in [-0.3, -0.25) is 0 Å². The normalized spacial score (nSPS) is 18.3. The van der Waals surface area contributed by atoms with Crippen molar-refractivity contribution < 1.29 is 5.11 Å². The van der Waals surface area contributed by atoms with Gasteiger partial charge in [0.15, 0.2) is 0 Å². The fraction of sp³-hybridized carbons (Fsp3) is 0.500. The van der Waals surface area contributed by atoms with Gasteiger partial charge in [-0.05, 0) is 43.4 Å². The first kappa shape index (κ1) is 10.2. The highest BCUT2D eigenvalue weighted by Crippen LogP contribution is 2.39. The van der Waals surface area contributed by atoms with E-state index in [4.69, 9.17) is 0 Å². The lowest BCUT2D eigenvalue weighted by molar-refractivity contribution is 0.150. The number of aliphatic hydroxyl groups is 1. The molecule has 1 nitrogen and oxygen atoms in total. The van der Waals surface area contributed by atoms with Gasteiger partial charge >= 0.3 is 0 Å². The maximum atomic E-state index is 9.85. The molecule has 0 spiro atoms. The quantitative estimate of drug-likeness (QED) is 0.860. The van der Waals surface area contributed by atoms with Crippen LogP contribution in [-0.4, -0.2) is 10.7 Å². The van der Waals surface area contributed by atoms with Crippen molar-refractivity contribution in [1.29, 1.82) is 0 Å². The van der Waals surface area contributed by atoms with Crippen molar-refractivity contribution >= 4 is 15.9 Å². The molecule has 14 heavy (non-hydrogen) atoms. The van der Waals surface area contributed by atoms with Gasteiger partial charge in [-0.25, -0.2) is 0 Å². The van der Waals surface area contributed by atoms with Crippen LogP contribution in [0.2, 0.25) is 0 Å². The van der Waals surface area contributed by atoms with Crippen LogP contribution < -0.4 is 0 Å². The molecule has 1 fully saturated rings. The highest BCUT2D eigenvalue weighted by atomic mass is 79.9. The second-order valence-corrected chi connectivity index (χ2v) is 5.17. The highest BCUT2D eigenvalue weighted by Gasteiger charge is 2.40. The summed E-state index contributed by atoms with van der Waals surface area (Å²) in [6.45, 7) is 4.20. The second kappa shape index (κ2) is 3.35. The van der Waals surface area contributed by atoms with Gasteiger partial charge < -0.3 is 5.11 Å². The lowest BCUT2D eigenvalue weighted by Gasteiger charge is -2.13. The average Bonchev–Trinajstić information content (AvgIpc) is 2.86. The zero-order valence-corrected chi connectivity index (χ0v) is 10.2. The summed E-state index contributed by atoms with van der Waals surface area (Å²) >= 11 is 3.58. The third-order valence-electron chi connectivity index (χ3n) is 3.04. The van der Waals surface area contributed by atoms with Crippen molar-refractivity contribution in [3.05, 3.63) is 33.3 Å². The number of halogens is 1. The Balaban J connectivity index is 2.30. The molecule has 1 saturated carbocycles. The molecule has 0 amide bonds. The minimum absolute atomic E-state index is 0.389. The van der Waals surface area contributed by atoms with Gasteiger partial charge in [0.1, 0.15) is 0 Å². The average molecular weight is 255 g/mol. The van der Waals surface area contributed by atoms with Crippen molar-refractivity contribution in [2.45, 2.75) is 38.7 Å². The van der Waals surface area contributed by atoms with Crippen LogP contribution in [0.4, 0.5) is 0 Å². The molecular formula is C12H15BrO. The van der Waals surface area contributed by atoms with Gasteiger partial charge in [0.2, 0.25) is 0 Å². The number of hydrogen-bond acceptors (Lipinski definition) is 1. The number of aryl methyl sites for hydroxylation is 1. The Labute approximate surface area is 93.3 Å². The molecule has 0 saturated heterocycles. The zero-order chi connectivity index (χ0) is 10.3. The van der Waals surface area contributed by atoms with Gasteiger partial charge in [-0.2, -0.15) is 0 Å². The van der Waals surface area contributed by atoms with Crippen LogP contribution in [0.1, 0.15) is 29.5 Å². The summed E-state index contributed by atoms with van der Waals surface area (Å²) in [6, 6.07) is 4.24. The Morgan fingerprint density at radius 1 is 1.36 bits per heavy atom. The second-order valence-electron chi connectivity index (χ2n) is 4.38. The number of rotatable bonds is 2. The van der Waals surface area contributed by atoms with Crippen molar-refractivity contribution in [2.24, 2.45) is 0 Å². The third kappa shape index (κ3) is 1.86. The predicted octanol–water partition coefficient (Wildman–Crippen LogP) is 3.13. The van der Waals surface area contributed by atoms with Gasteiger partial charge in [0.05, 0.1) is 5.60 Å². The van der Waals surface area contributed by atoms with Crippen LogP contribution in [0.15, 0.2) is 16.6 Å². The summed E-state index contributed by atoms with van der Waals surface area (Å²) in [7, 11) is 0. The topological polar surface area (TPSA) is 20.2 Å². The van der Waals surface area contributed by atoms with E-state index < -0.39 is 0 Å². The van der Waals surface area contributed by atoms with Crippen LogP contribution in [0, 0.1) is 13.8 Å². The molecule has 1 aliphatic carbocycles. The first-order chi connectivity index (χ1) is 6.52. The maximum Gasteiger partial charge on any atom is 0.0690 e.